The van der Waals surface area contributed by atoms with Crippen LogP contribution in [0.25, 0.3) is 0 Å². The molecule has 3 aliphatic carbocycles. The molecule has 1 fully saturated rings. The van der Waals surface area contributed by atoms with Gasteiger partial charge in [-0.15, -0.1) is 0 Å². The molecule has 0 aromatic rings. The molecular weight excluding hydrogens is 327 g/mol. The van der Waals surface area contributed by atoms with Crippen molar-refractivity contribution in [1.29, 1.82) is 0 Å². The van der Waals surface area contributed by atoms with Crippen molar-refractivity contribution in [2.24, 2.45) is 28.6 Å². The summed E-state index contributed by atoms with van der Waals surface area (Å²) in [7, 11) is 0. The summed E-state index contributed by atoms with van der Waals surface area (Å²) in [5.74, 6) is 0.538. The maximum Gasteiger partial charge on any atom is 0.0476 e. The van der Waals surface area contributed by atoms with E-state index < -0.39 is 11.4 Å². The Bertz CT molecular complexity index is 548. The minimum Gasteiger partial charge on any atom is -0.550 e. The van der Waals surface area contributed by atoms with Gasteiger partial charge in [-0.05, 0) is 60.8 Å². The summed E-state index contributed by atoms with van der Waals surface area (Å²) in [6.45, 7) is 8.83. The van der Waals surface area contributed by atoms with Gasteiger partial charge in [0.2, 0.25) is 0 Å². The zero-order chi connectivity index (χ0) is 16.1. The molecule has 2 unspecified atom stereocenters. The molecule has 0 spiro atoms. The molecule has 1 saturated carbocycles. The minimum atomic E-state index is -0.838. The molecule has 0 saturated heterocycles. The molecule has 4 atom stereocenters. The third-order valence-electron chi connectivity index (χ3n) is 7.05. The first-order valence-corrected chi connectivity index (χ1v) is 8.91. The number of allylic oxidation sites excluding steroid dienone is 4. The molecule has 0 amide bonds. The van der Waals surface area contributed by atoms with Crippen molar-refractivity contribution in [2.45, 2.75) is 66.2 Å². The van der Waals surface area contributed by atoms with E-state index in [1.807, 2.05) is 6.92 Å². The van der Waals surface area contributed by atoms with Gasteiger partial charge in [-0.25, -0.2) is 0 Å². The van der Waals surface area contributed by atoms with Crippen LogP contribution in [-0.2, 0) is 21.9 Å². The maximum atomic E-state index is 11.8. The van der Waals surface area contributed by atoms with Crippen molar-refractivity contribution < 1.29 is 27.0 Å². The number of carboxylic acid groups (broad SMARTS) is 1. The van der Waals surface area contributed by atoms with Gasteiger partial charge in [0.25, 0.3) is 0 Å². The maximum absolute atomic E-state index is 11.8. The van der Waals surface area contributed by atoms with Crippen molar-refractivity contribution in [2.75, 3.05) is 0 Å². The van der Waals surface area contributed by atoms with Crippen LogP contribution in [0.1, 0.15) is 66.2 Å². The van der Waals surface area contributed by atoms with E-state index in [1.165, 1.54) is 18.4 Å². The van der Waals surface area contributed by atoms with Crippen molar-refractivity contribution in [1.82, 2.24) is 0 Å². The van der Waals surface area contributed by atoms with Crippen LogP contribution in [0.2, 0.25) is 0 Å². The van der Waals surface area contributed by atoms with Gasteiger partial charge in [0.1, 0.15) is 0 Å². The third-order valence-corrected chi connectivity index (χ3v) is 7.05. The van der Waals surface area contributed by atoms with E-state index in [2.05, 4.69) is 32.9 Å². The molecular formula is C20H29MnO2-. The molecule has 0 N–H and O–H groups in total. The van der Waals surface area contributed by atoms with Gasteiger partial charge >= 0.3 is 0 Å². The normalized spacial score (nSPS) is 39.5. The van der Waals surface area contributed by atoms with Gasteiger partial charge in [0.05, 0.1) is 0 Å². The monoisotopic (exact) mass is 356 g/mol. The van der Waals surface area contributed by atoms with Crippen LogP contribution in [0.3, 0.4) is 0 Å². The number of hydrogen-bond acceptors (Lipinski definition) is 2. The van der Waals surface area contributed by atoms with Crippen molar-refractivity contribution >= 4 is 5.97 Å². The van der Waals surface area contributed by atoms with E-state index in [1.54, 1.807) is 5.57 Å². The SMILES string of the molecule is CC(C)C1=CC2=CCC3[C@](C)(CCC[C@@]3(C)C(=O)[O-])C2CC1.[Mn]. The van der Waals surface area contributed by atoms with Gasteiger partial charge in [-0.2, -0.15) is 0 Å². The fourth-order valence-corrected chi connectivity index (χ4v) is 5.59. The Morgan fingerprint density at radius 3 is 2.61 bits per heavy atom. The molecule has 3 rings (SSSR count). The fraction of sp³-hybridized carbons (Fsp3) is 0.750. The van der Waals surface area contributed by atoms with Crippen LogP contribution in [0.5, 0.6) is 0 Å². The molecule has 2 nitrogen and oxygen atoms in total. The molecule has 3 heteroatoms. The third kappa shape index (κ3) is 2.85. The zero-order valence-electron chi connectivity index (χ0n) is 14.8. The average Bonchev–Trinajstić information content (AvgIpc) is 2.46. The van der Waals surface area contributed by atoms with Gasteiger partial charge < -0.3 is 9.90 Å². The first kappa shape index (κ1) is 18.8. The Labute approximate surface area is 151 Å². The first-order chi connectivity index (χ1) is 10.3. The standard InChI is InChI=1S/C20H30O2.Mn/c1-13(2)14-6-8-16-15(12-14)7-9-17-19(16,3)10-5-11-20(17,4)18(21)22;/h7,12-13,16-17H,5-6,8-11H2,1-4H3,(H,21,22);/p-1/t16?,17?,19-,20-;/m1./s1. The van der Waals surface area contributed by atoms with Crippen molar-refractivity contribution in [3.05, 3.63) is 23.3 Å². The Hall–Kier alpha value is -0.531. The Morgan fingerprint density at radius 2 is 2.00 bits per heavy atom. The summed E-state index contributed by atoms with van der Waals surface area (Å²) in [5, 5.41) is 11.8. The molecule has 1 radical (unpaired) electrons. The second-order valence-corrected chi connectivity index (χ2v) is 8.52. The molecule has 0 aliphatic heterocycles. The van der Waals surface area contributed by atoms with E-state index in [9.17, 15) is 9.90 Å². The summed E-state index contributed by atoms with van der Waals surface area (Å²) in [4.78, 5) is 11.8. The Balaban J connectivity index is 0.00000192. The van der Waals surface area contributed by atoms with Crippen LogP contribution in [0.15, 0.2) is 23.3 Å². The number of carbonyl (C=O) groups excluding carboxylic acids is 1. The van der Waals surface area contributed by atoms with Crippen LogP contribution in [0, 0.1) is 28.6 Å². The van der Waals surface area contributed by atoms with E-state index in [-0.39, 0.29) is 28.4 Å². The van der Waals surface area contributed by atoms with E-state index in [0.717, 1.165) is 25.7 Å². The number of rotatable bonds is 2. The zero-order valence-corrected chi connectivity index (χ0v) is 16.0. The van der Waals surface area contributed by atoms with Gasteiger partial charge in [-0.1, -0.05) is 51.8 Å². The second kappa shape index (κ2) is 6.41. The summed E-state index contributed by atoms with van der Waals surface area (Å²) in [5.41, 5.74) is 2.51. The van der Waals surface area contributed by atoms with Crippen molar-refractivity contribution in [3.8, 4) is 0 Å². The number of carbonyl (C=O) groups is 1. The minimum absolute atomic E-state index is 0. The van der Waals surface area contributed by atoms with E-state index in [4.69, 9.17) is 0 Å². The topological polar surface area (TPSA) is 40.1 Å². The molecule has 0 bridgehead atoms. The van der Waals surface area contributed by atoms with Crippen LogP contribution < -0.4 is 5.11 Å². The molecule has 0 heterocycles. The Kier molecular flexibility index (Phi) is 5.24. The fourth-order valence-electron chi connectivity index (χ4n) is 5.59. The van der Waals surface area contributed by atoms with Gasteiger partial charge in [0.15, 0.2) is 0 Å². The first-order valence-electron chi connectivity index (χ1n) is 8.91. The second-order valence-electron chi connectivity index (χ2n) is 8.52. The van der Waals surface area contributed by atoms with Crippen LogP contribution >= 0.6 is 0 Å². The average molecular weight is 356 g/mol. The van der Waals surface area contributed by atoms with Gasteiger partial charge in [0, 0.05) is 28.5 Å². The Morgan fingerprint density at radius 1 is 1.30 bits per heavy atom. The number of carboxylic acids is 1. The number of aliphatic carboxylic acids is 1. The molecule has 23 heavy (non-hydrogen) atoms. The predicted octanol–water partition coefficient (Wildman–Crippen LogP) is 3.87. The summed E-state index contributed by atoms with van der Waals surface area (Å²) in [6.07, 6.45) is 11.0. The predicted molar refractivity (Wildman–Crippen MR) is 86.9 cm³/mol. The van der Waals surface area contributed by atoms with Crippen LogP contribution in [0.4, 0.5) is 0 Å². The smallest absolute Gasteiger partial charge is 0.0476 e. The summed E-state index contributed by atoms with van der Waals surface area (Å²) < 4.78 is 0. The molecule has 129 valence electrons. The van der Waals surface area contributed by atoms with E-state index in [0.29, 0.717) is 11.8 Å². The van der Waals surface area contributed by atoms with E-state index >= 15 is 0 Å². The molecule has 3 aliphatic rings. The number of hydrogen-bond donors (Lipinski definition) is 0. The summed E-state index contributed by atoms with van der Waals surface area (Å²) >= 11 is 0. The largest absolute Gasteiger partial charge is 0.550 e. The molecule has 0 aromatic carbocycles. The molecule has 0 aromatic heterocycles. The number of fused-ring (bicyclic) bond motifs is 3. The summed E-state index contributed by atoms with van der Waals surface area (Å²) in [6, 6.07) is 0. The quantitative estimate of drug-likeness (QED) is 0.705. The van der Waals surface area contributed by atoms with Crippen molar-refractivity contribution in [3.63, 3.8) is 0 Å². The van der Waals surface area contributed by atoms with Crippen LogP contribution in [-0.4, -0.2) is 5.97 Å². The van der Waals surface area contributed by atoms with Gasteiger partial charge in [-0.3, -0.25) is 0 Å².